The van der Waals surface area contributed by atoms with E-state index in [1.54, 1.807) is 6.92 Å². The van der Waals surface area contributed by atoms with Crippen molar-refractivity contribution in [2.24, 2.45) is 5.92 Å². The highest BCUT2D eigenvalue weighted by atomic mass is 16.6. The van der Waals surface area contributed by atoms with Gasteiger partial charge < -0.3 is 30.7 Å². The number of unbranched alkanes of at least 4 members (excludes halogenated alkanes) is 1. The van der Waals surface area contributed by atoms with E-state index < -0.39 is 47.5 Å². The zero-order valence-electron chi connectivity index (χ0n) is 31.2. The van der Waals surface area contributed by atoms with Gasteiger partial charge in [-0.1, -0.05) is 94.3 Å². The molecule has 0 radical (unpaired) electrons. The summed E-state index contributed by atoms with van der Waals surface area (Å²) in [6.07, 6.45) is 3.39. The van der Waals surface area contributed by atoms with Gasteiger partial charge in [-0.15, -0.1) is 0 Å². The number of carbonyl (C=O) groups is 5. The molecule has 4 amide bonds. The number of nitrogens with one attached hydrogen (secondary N) is 4. The number of amides is 4. The normalized spacial score (nSPS) is 19.5. The van der Waals surface area contributed by atoms with Crippen molar-refractivity contribution in [3.63, 3.8) is 0 Å². The number of hydrogen-bond acceptors (Lipinski definition) is 8. The number of nitrogens with zero attached hydrogens (tertiary/aromatic N) is 1. The summed E-state index contributed by atoms with van der Waals surface area (Å²) in [6.45, 7) is 10.4. The summed E-state index contributed by atoms with van der Waals surface area (Å²) in [5.41, 5.74) is 0.933. The molecule has 2 aromatic carbocycles. The van der Waals surface area contributed by atoms with E-state index in [1.807, 2.05) is 86.3 Å². The van der Waals surface area contributed by atoms with Crippen molar-refractivity contribution in [3.05, 3.63) is 71.8 Å². The lowest BCUT2D eigenvalue weighted by molar-refractivity contribution is -0.135. The van der Waals surface area contributed by atoms with Gasteiger partial charge in [-0.25, -0.2) is 0 Å². The molecular weight excluding hydrogens is 662 g/mol. The number of benzene rings is 2. The summed E-state index contributed by atoms with van der Waals surface area (Å²) in [7, 11) is 0. The first kappa shape index (κ1) is 40.6. The van der Waals surface area contributed by atoms with Gasteiger partial charge in [0.1, 0.15) is 23.7 Å². The molecule has 2 fully saturated rings. The Morgan fingerprint density at radius 2 is 1.31 bits per heavy atom. The van der Waals surface area contributed by atoms with Crippen molar-refractivity contribution < 1.29 is 33.4 Å². The van der Waals surface area contributed by atoms with Crippen LogP contribution in [0.25, 0.3) is 0 Å². The molecular formula is C40H57N5O7. The molecule has 0 saturated carbocycles. The minimum Gasteiger partial charge on any atom is -0.379 e. The first-order chi connectivity index (χ1) is 25.0. The Morgan fingerprint density at radius 3 is 1.90 bits per heavy atom. The van der Waals surface area contributed by atoms with Crippen LogP contribution in [0.15, 0.2) is 60.7 Å². The number of ketones is 1. The van der Waals surface area contributed by atoms with Crippen LogP contribution in [0.4, 0.5) is 0 Å². The highest BCUT2D eigenvalue weighted by Crippen LogP contribution is 2.29. The second-order valence-electron chi connectivity index (χ2n) is 14.6. The van der Waals surface area contributed by atoms with Gasteiger partial charge in [0.05, 0.1) is 32.4 Å². The van der Waals surface area contributed by atoms with Crippen molar-refractivity contribution >= 4 is 29.4 Å². The van der Waals surface area contributed by atoms with Crippen molar-refractivity contribution in [2.75, 3.05) is 39.5 Å². The van der Waals surface area contributed by atoms with Gasteiger partial charge in [-0.2, -0.15) is 0 Å². The molecule has 4 rings (SSSR count). The van der Waals surface area contributed by atoms with Gasteiger partial charge in [0.2, 0.25) is 23.6 Å². The predicted octanol–water partition coefficient (Wildman–Crippen LogP) is 2.73. The Kier molecular flexibility index (Phi) is 15.8. The van der Waals surface area contributed by atoms with Crippen molar-refractivity contribution in [1.82, 2.24) is 26.2 Å². The second-order valence-corrected chi connectivity index (χ2v) is 14.6. The standard InChI is InChI=1S/C40H57N5O7/c1-5-6-17-31(36(47)40(4)27-52-40)42-39(50)34(25-30-15-11-8-12-16-30)44-38(49)33(24-28(2)3)43-37(48)32(19-18-29-13-9-7-10-14-29)41-35(46)26-45-20-22-51-23-21-45/h7-16,28,31-34H,5-6,17-27H2,1-4H3,(H,41,46)(H,42,50)(H,43,48)(H,44,49)/t31-,32-,33-,34-,40+/m0/s1. The highest BCUT2D eigenvalue weighted by Gasteiger charge is 2.50. The molecule has 284 valence electrons. The third kappa shape index (κ3) is 13.1. The zero-order valence-corrected chi connectivity index (χ0v) is 31.2. The molecule has 0 aliphatic carbocycles. The van der Waals surface area contributed by atoms with E-state index in [0.717, 1.165) is 24.0 Å². The number of aryl methyl sites for hydroxylation is 1. The predicted molar refractivity (Wildman–Crippen MR) is 198 cm³/mol. The van der Waals surface area contributed by atoms with E-state index in [-0.39, 0.29) is 30.6 Å². The molecule has 2 aliphatic heterocycles. The summed E-state index contributed by atoms with van der Waals surface area (Å²) in [6, 6.07) is 15.4. The lowest BCUT2D eigenvalue weighted by Crippen LogP contribution is -2.59. The quantitative estimate of drug-likeness (QED) is 0.144. The van der Waals surface area contributed by atoms with Gasteiger partial charge in [-0.3, -0.25) is 28.9 Å². The average Bonchev–Trinajstić information content (AvgIpc) is 3.89. The lowest BCUT2D eigenvalue weighted by atomic mass is 9.95. The molecule has 12 nitrogen and oxygen atoms in total. The van der Waals surface area contributed by atoms with Crippen LogP contribution in [0, 0.1) is 5.92 Å². The van der Waals surface area contributed by atoms with E-state index in [4.69, 9.17) is 9.47 Å². The minimum atomic E-state index is -1.02. The molecule has 2 aromatic rings. The number of ether oxygens (including phenoxy) is 2. The number of rotatable bonds is 21. The summed E-state index contributed by atoms with van der Waals surface area (Å²) in [5, 5.41) is 11.7. The number of morpholine rings is 1. The van der Waals surface area contributed by atoms with Crippen LogP contribution in [-0.4, -0.2) is 104 Å². The first-order valence-corrected chi connectivity index (χ1v) is 18.7. The Hall–Kier alpha value is -4.13. The van der Waals surface area contributed by atoms with E-state index in [2.05, 4.69) is 21.3 Å². The molecule has 0 spiro atoms. The molecule has 2 saturated heterocycles. The van der Waals surface area contributed by atoms with Crippen LogP contribution in [-0.2, 0) is 46.3 Å². The van der Waals surface area contributed by atoms with Gasteiger partial charge >= 0.3 is 0 Å². The number of carbonyl (C=O) groups excluding carboxylic acids is 5. The third-order valence-corrected chi connectivity index (χ3v) is 9.52. The molecule has 5 atom stereocenters. The first-order valence-electron chi connectivity index (χ1n) is 18.7. The van der Waals surface area contributed by atoms with Crippen LogP contribution in [0.3, 0.4) is 0 Å². The Balaban J connectivity index is 1.50. The number of hydrogen-bond donors (Lipinski definition) is 4. The lowest BCUT2D eigenvalue weighted by Gasteiger charge is -2.29. The van der Waals surface area contributed by atoms with E-state index in [1.165, 1.54) is 0 Å². The van der Waals surface area contributed by atoms with Crippen LogP contribution in [0.5, 0.6) is 0 Å². The number of epoxide rings is 1. The summed E-state index contributed by atoms with van der Waals surface area (Å²) < 4.78 is 10.8. The van der Waals surface area contributed by atoms with Crippen LogP contribution >= 0.6 is 0 Å². The largest absolute Gasteiger partial charge is 0.379 e. The molecule has 0 bridgehead atoms. The average molecular weight is 720 g/mol. The Labute approximate surface area is 308 Å². The second kappa shape index (κ2) is 20.2. The van der Waals surface area contributed by atoms with Gasteiger partial charge in [-0.05, 0) is 49.7 Å². The molecule has 52 heavy (non-hydrogen) atoms. The maximum atomic E-state index is 14.1. The molecule has 2 aliphatic rings. The highest BCUT2D eigenvalue weighted by molar-refractivity contribution is 5.98. The van der Waals surface area contributed by atoms with Gasteiger partial charge in [0.15, 0.2) is 5.78 Å². The molecule has 2 heterocycles. The number of Topliss-reactive ketones (excluding diaryl/α,β-unsaturated/α-hetero) is 1. The van der Waals surface area contributed by atoms with Crippen molar-refractivity contribution in [3.8, 4) is 0 Å². The minimum absolute atomic E-state index is 0.0199. The Bertz CT molecular complexity index is 1460. The SMILES string of the molecule is CCCC[C@H](NC(=O)[C@H](Cc1ccccc1)NC(=O)[C@H](CC(C)C)NC(=O)[C@H](CCc1ccccc1)NC(=O)CN1CCOCC1)C(=O)[C@@]1(C)CO1. The smallest absolute Gasteiger partial charge is 0.243 e. The van der Waals surface area contributed by atoms with Crippen molar-refractivity contribution in [1.29, 1.82) is 0 Å². The van der Waals surface area contributed by atoms with E-state index in [9.17, 15) is 24.0 Å². The maximum absolute atomic E-state index is 14.1. The molecule has 0 aromatic heterocycles. The van der Waals surface area contributed by atoms with Gasteiger partial charge in [0.25, 0.3) is 0 Å². The molecule has 0 unspecified atom stereocenters. The van der Waals surface area contributed by atoms with Crippen LogP contribution < -0.4 is 21.3 Å². The summed E-state index contributed by atoms with van der Waals surface area (Å²) in [5.74, 6) is -1.92. The topological polar surface area (TPSA) is 158 Å². The van der Waals surface area contributed by atoms with Crippen LogP contribution in [0.2, 0.25) is 0 Å². The summed E-state index contributed by atoms with van der Waals surface area (Å²) >= 11 is 0. The summed E-state index contributed by atoms with van der Waals surface area (Å²) in [4.78, 5) is 70.4. The molecule has 12 heteroatoms. The van der Waals surface area contributed by atoms with Crippen LogP contribution in [0.1, 0.15) is 70.9 Å². The monoisotopic (exact) mass is 719 g/mol. The van der Waals surface area contributed by atoms with E-state index in [0.29, 0.717) is 58.6 Å². The fourth-order valence-electron chi connectivity index (χ4n) is 6.30. The Morgan fingerprint density at radius 1 is 0.750 bits per heavy atom. The zero-order chi connectivity index (χ0) is 37.5. The maximum Gasteiger partial charge on any atom is 0.243 e. The van der Waals surface area contributed by atoms with Crippen molar-refractivity contribution in [2.45, 2.75) is 102 Å². The fourth-order valence-corrected chi connectivity index (χ4v) is 6.30. The third-order valence-electron chi connectivity index (χ3n) is 9.52. The van der Waals surface area contributed by atoms with E-state index >= 15 is 0 Å². The fraction of sp³-hybridized carbons (Fsp3) is 0.575. The van der Waals surface area contributed by atoms with Gasteiger partial charge in [0, 0.05) is 19.5 Å². The molecule has 4 N–H and O–H groups in total.